The second-order valence-corrected chi connectivity index (χ2v) is 7.72. The van der Waals surface area contributed by atoms with Crippen LogP contribution in [0, 0.1) is 5.92 Å². The van der Waals surface area contributed by atoms with Crippen molar-refractivity contribution in [3.05, 3.63) is 0 Å². The Labute approximate surface area is 145 Å². The molecule has 1 unspecified atom stereocenters. The molecule has 0 aromatic carbocycles. The SMILES string of the molecule is CC(C)CN(C)C(=O)C1CCCCN1[C@H]1CCCN(C(=O)O)CC1. The molecular weight excluding hydrogens is 306 g/mol. The summed E-state index contributed by atoms with van der Waals surface area (Å²) < 4.78 is 0. The van der Waals surface area contributed by atoms with Crippen LogP contribution in [0.4, 0.5) is 4.79 Å². The summed E-state index contributed by atoms with van der Waals surface area (Å²) in [5.74, 6) is 0.709. The molecule has 2 aliphatic rings. The summed E-state index contributed by atoms with van der Waals surface area (Å²) in [4.78, 5) is 29.9. The van der Waals surface area contributed by atoms with E-state index in [2.05, 4.69) is 18.7 Å². The highest BCUT2D eigenvalue weighted by Crippen LogP contribution is 2.26. The Morgan fingerprint density at radius 2 is 1.83 bits per heavy atom. The zero-order valence-electron chi connectivity index (χ0n) is 15.4. The summed E-state index contributed by atoms with van der Waals surface area (Å²) in [6.45, 7) is 7.22. The third-order valence-corrected chi connectivity index (χ3v) is 5.28. The van der Waals surface area contributed by atoms with E-state index in [1.807, 2.05) is 11.9 Å². The fourth-order valence-corrected chi connectivity index (χ4v) is 4.15. The van der Waals surface area contributed by atoms with Gasteiger partial charge in [0.1, 0.15) is 0 Å². The summed E-state index contributed by atoms with van der Waals surface area (Å²) in [6.07, 6.45) is 5.06. The maximum Gasteiger partial charge on any atom is 0.407 e. The molecule has 2 fully saturated rings. The molecule has 6 nitrogen and oxygen atoms in total. The first-order valence-corrected chi connectivity index (χ1v) is 9.38. The van der Waals surface area contributed by atoms with E-state index in [1.165, 1.54) is 4.90 Å². The summed E-state index contributed by atoms with van der Waals surface area (Å²) in [5.41, 5.74) is 0. The molecule has 2 atom stereocenters. The second kappa shape index (κ2) is 8.70. The largest absolute Gasteiger partial charge is 0.465 e. The molecule has 2 saturated heterocycles. The maximum absolute atomic E-state index is 12.9. The predicted molar refractivity (Wildman–Crippen MR) is 94.1 cm³/mol. The standard InChI is InChI=1S/C18H33N3O3/c1-14(2)13-19(3)17(22)16-8-4-5-11-21(16)15-7-6-10-20(12-9-15)18(23)24/h14-16H,4-13H2,1-3H3,(H,23,24)/t15-,16?/m0/s1. The fraction of sp³-hybridized carbons (Fsp3) is 0.889. The van der Waals surface area contributed by atoms with E-state index in [-0.39, 0.29) is 11.9 Å². The average Bonchev–Trinajstić information content (AvgIpc) is 2.79. The minimum absolute atomic E-state index is 0.0242. The first kappa shape index (κ1) is 19.0. The number of amides is 2. The van der Waals surface area contributed by atoms with Gasteiger partial charge in [-0.1, -0.05) is 20.3 Å². The van der Waals surface area contributed by atoms with Gasteiger partial charge in [0.05, 0.1) is 6.04 Å². The Morgan fingerprint density at radius 3 is 2.50 bits per heavy atom. The van der Waals surface area contributed by atoms with Crippen molar-refractivity contribution >= 4 is 12.0 Å². The number of carbonyl (C=O) groups is 2. The lowest BCUT2D eigenvalue weighted by Crippen LogP contribution is -2.54. The Morgan fingerprint density at radius 1 is 1.08 bits per heavy atom. The predicted octanol–water partition coefficient (Wildman–Crippen LogP) is 2.49. The summed E-state index contributed by atoms with van der Waals surface area (Å²) in [6, 6.07) is 0.305. The zero-order valence-corrected chi connectivity index (χ0v) is 15.4. The zero-order chi connectivity index (χ0) is 17.7. The smallest absolute Gasteiger partial charge is 0.407 e. The molecule has 2 heterocycles. The molecule has 0 radical (unpaired) electrons. The van der Waals surface area contributed by atoms with Crippen molar-refractivity contribution in [1.82, 2.24) is 14.7 Å². The molecule has 0 aromatic heterocycles. The van der Waals surface area contributed by atoms with Crippen LogP contribution in [0.25, 0.3) is 0 Å². The Kier molecular flexibility index (Phi) is 6.90. The van der Waals surface area contributed by atoms with Gasteiger partial charge in [0.15, 0.2) is 0 Å². The monoisotopic (exact) mass is 339 g/mol. The van der Waals surface area contributed by atoms with Gasteiger partial charge >= 0.3 is 6.09 Å². The van der Waals surface area contributed by atoms with E-state index in [9.17, 15) is 14.7 Å². The first-order valence-electron chi connectivity index (χ1n) is 9.38. The van der Waals surface area contributed by atoms with Crippen LogP contribution >= 0.6 is 0 Å². The molecule has 0 aliphatic carbocycles. The van der Waals surface area contributed by atoms with Crippen molar-refractivity contribution in [3.63, 3.8) is 0 Å². The summed E-state index contributed by atoms with van der Waals surface area (Å²) in [7, 11) is 1.91. The van der Waals surface area contributed by atoms with Crippen LogP contribution < -0.4 is 0 Å². The molecule has 0 aromatic rings. The number of carbonyl (C=O) groups excluding carboxylic acids is 1. The summed E-state index contributed by atoms with van der Waals surface area (Å²) >= 11 is 0. The van der Waals surface area contributed by atoms with Crippen molar-refractivity contribution in [2.24, 2.45) is 5.92 Å². The molecule has 24 heavy (non-hydrogen) atoms. The first-order chi connectivity index (χ1) is 11.4. The lowest BCUT2D eigenvalue weighted by molar-refractivity contribution is -0.138. The van der Waals surface area contributed by atoms with Gasteiger partial charge in [0.25, 0.3) is 0 Å². The lowest BCUT2D eigenvalue weighted by atomic mass is 9.95. The Balaban J connectivity index is 2.03. The van der Waals surface area contributed by atoms with Crippen molar-refractivity contribution in [2.75, 3.05) is 33.2 Å². The van der Waals surface area contributed by atoms with E-state index in [0.29, 0.717) is 25.0 Å². The molecule has 0 spiro atoms. The quantitative estimate of drug-likeness (QED) is 0.855. The van der Waals surface area contributed by atoms with Crippen molar-refractivity contribution in [3.8, 4) is 0 Å². The number of carboxylic acid groups (broad SMARTS) is 1. The number of hydrogen-bond acceptors (Lipinski definition) is 3. The van der Waals surface area contributed by atoms with Crippen LogP contribution in [0.2, 0.25) is 0 Å². The van der Waals surface area contributed by atoms with Gasteiger partial charge in [-0.25, -0.2) is 4.79 Å². The van der Waals surface area contributed by atoms with Gasteiger partial charge in [-0.15, -0.1) is 0 Å². The molecule has 2 amide bonds. The van der Waals surface area contributed by atoms with E-state index < -0.39 is 6.09 Å². The van der Waals surface area contributed by atoms with Crippen LogP contribution in [0.5, 0.6) is 0 Å². The molecule has 0 saturated carbocycles. The normalized spacial score (nSPS) is 26.2. The van der Waals surface area contributed by atoms with Crippen LogP contribution in [-0.2, 0) is 4.79 Å². The summed E-state index contributed by atoms with van der Waals surface area (Å²) in [5, 5.41) is 9.21. The van der Waals surface area contributed by atoms with Crippen LogP contribution in [0.3, 0.4) is 0 Å². The molecule has 138 valence electrons. The maximum atomic E-state index is 12.9. The number of likely N-dealkylation sites (N-methyl/N-ethyl adjacent to an activating group) is 1. The third-order valence-electron chi connectivity index (χ3n) is 5.28. The molecule has 2 aliphatic heterocycles. The minimum Gasteiger partial charge on any atom is -0.465 e. The number of rotatable bonds is 4. The molecule has 1 N–H and O–H groups in total. The second-order valence-electron chi connectivity index (χ2n) is 7.72. The number of nitrogens with zero attached hydrogens (tertiary/aromatic N) is 3. The number of likely N-dealkylation sites (tertiary alicyclic amines) is 2. The van der Waals surface area contributed by atoms with Gasteiger partial charge < -0.3 is 14.9 Å². The van der Waals surface area contributed by atoms with E-state index >= 15 is 0 Å². The highest BCUT2D eigenvalue weighted by Gasteiger charge is 2.36. The topological polar surface area (TPSA) is 64.1 Å². The molecule has 2 rings (SSSR count). The van der Waals surface area contributed by atoms with Crippen molar-refractivity contribution < 1.29 is 14.7 Å². The molecular formula is C18H33N3O3. The van der Waals surface area contributed by atoms with Gasteiger partial charge in [0, 0.05) is 32.7 Å². The van der Waals surface area contributed by atoms with E-state index in [4.69, 9.17) is 0 Å². The van der Waals surface area contributed by atoms with Crippen LogP contribution in [0.15, 0.2) is 0 Å². The van der Waals surface area contributed by atoms with E-state index in [0.717, 1.165) is 51.6 Å². The van der Waals surface area contributed by atoms with Gasteiger partial charge in [-0.2, -0.15) is 0 Å². The van der Waals surface area contributed by atoms with Crippen LogP contribution in [-0.4, -0.2) is 77.1 Å². The van der Waals surface area contributed by atoms with Crippen molar-refractivity contribution in [1.29, 1.82) is 0 Å². The molecule has 6 heteroatoms. The highest BCUT2D eigenvalue weighted by molar-refractivity contribution is 5.81. The van der Waals surface area contributed by atoms with Crippen molar-refractivity contribution in [2.45, 2.75) is 64.5 Å². The minimum atomic E-state index is -0.821. The van der Waals surface area contributed by atoms with Crippen LogP contribution in [0.1, 0.15) is 52.4 Å². The number of piperidine rings is 1. The Hall–Kier alpha value is -1.30. The highest BCUT2D eigenvalue weighted by atomic mass is 16.4. The van der Waals surface area contributed by atoms with Gasteiger partial charge in [-0.05, 0) is 44.6 Å². The van der Waals surface area contributed by atoms with E-state index in [1.54, 1.807) is 0 Å². The average molecular weight is 339 g/mol. The molecule has 0 bridgehead atoms. The third kappa shape index (κ3) is 4.85. The lowest BCUT2D eigenvalue weighted by Gasteiger charge is -2.41. The number of hydrogen-bond donors (Lipinski definition) is 1. The van der Waals surface area contributed by atoms with Gasteiger partial charge in [0.2, 0.25) is 5.91 Å². The van der Waals surface area contributed by atoms with Gasteiger partial charge in [-0.3, -0.25) is 9.69 Å². The Bertz CT molecular complexity index is 441. The fourth-order valence-electron chi connectivity index (χ4n) is 4.15.